The number of hydrogen-bond acceptors (Lipinski definition) is 6. The fraction of sp³-hybridized carbons (Fsp3) is 0.263. The van der Waals surface area contributed by atoms with Crippen LogP contribution in [0.25, 0.3) is 11.1 Å². The number of benzene rings is 2. The van der Waals surface area contributed by atoms with Crippen LogP contribution in [0.3, 0.4) is 0 Å². The average molecular weight is 355 g/mol. The lowest BCUT2D eigenvalue weighted by Crippen LogP contribution is -2.31. The molecule has 3 aromatic rings. The van der Waals surface area contributed by atoms with E-state index in [1.54, 1.807) is 46.3 Å². The van der Waals surface area contributed by atoms with Gasteiger partial charge in [-0.3, -0.25) is 4.79 Å². The first kappa shape index (κ1) is 17.6. The zero-order valence-corrected chi connectivity index (χ0v) is 15.1. The monoisotopic (exact) mass is 355 g/mol. The normalized spacial score (nSPS) is 11.8. The Hall–Kier alpha value is -3.22. The number of aromatic nitrogens is 1. The molecule has 7 heteroatoms. The Morgan fingerprint density at radius 3 is 2.54 bits per heavy atom. The molecule has 0 aliphatic carbocycles. The number of rotatable bonds is 6. The minimum atomic E-state index is -0.450. The average Bonchev–Trinajstić information content (AvgIpc) is 3.00. The smallest absolute Gasteiger partial charge is 0.246 e. The maximum absolute atomic E-state index is 12.5. The number of anilines is 2. The first-order chi connectivity index (χ1) is 12.5. The van der Waals surface area contributed by atoms with E-state index in [1.807, 2.05) is 18.2 Å². The van der Waals surface area contributed by atoms with Crippen molar-refractivity contribution in [2.45, 2.75) is 19.9 Å². The second kappa shape index (κ2) is 7.35. The summed E-state index contributed by atoms with van der Waals surface area (Å²) in [7, 11) is 3.12. The number of hydrogen-bond donors (Lipinski definition) is 2. The number of carbonyl (C=O) groups is 1. The molecule has 0 spiro atoms. The van der Waals surface area contributed by atoms with Crippen molar-refractivity contribution in [2.24, 2.45) is 0 Å². The van der Waals surface area contributed by atoms with Crippen LogP contribution in [0.1, 0.15) is 12.8 Å². The highest BCUT2D eigenvalue weighted by Gasteiger charge is 2.15. The molecule has 136 valence electrons. The Balaban J connectivity index is 1.68. The van der Waals surface area contributed by atoms with Crippen molar-refractivity contribution in [3.8, 4) is 11.5 Å². The zero-order valence-electron chi connectivity index (χ0n) is 15.1. The van der Waals surface area contributed by atoms with Gasteiger partial charge in [0.2, 0.25) is 5.91 Å². The highest BCUT2D eigenvalue weighted by Crippen LogP contribution is 2.29. The number of nitrogens with zero attached hydrogens (tertiary/aromatic N) is 1. The van der Waals surface area contributed by atoms with Crippen molar-refractivity contribution in [1.29, 1.82) is 0 Å². The van der Waals surface area contributed by atoms with Crippen molar-refractivity contribution in [3.05, 3.63) is 42.3 Å². The van der Waals surface area contributed by atoms with E-state index in [4.69, 9.17) is 13.9 Å². The Bertz CT molecular complexity index is 936. The number of methoxy groups -OCH3 is 2. The SMILES string of the molecule is COc1ccc(NC(=O)C(C)Nc2ccc3oc(C)nc3c2)cc1OC. The summed E-state index contributed by atoms with van der Waals surface area (Å²) < 4.78 is 15.9. The molecule has 1 atom stereocenters. The molecule has 1 heterocycles. The molecular formula is C19H21N3O4. The molecule has 0 fully saturated rings. The maximum Gasteiger partial charge on any atom is 0.246 e. The molecule has 0 aliphatic heterocycles. The van der Waals surface area contributed by atoms with Gasteiger partial charge in [0.05, 0.1) is 14.2 Å². The lowest BCUT2D eigenvalue weighted by atomic mass is 10.2. The number of carbonyl (C=O) groups excluding carboxylic acids is 1. The minimum absolute atomic E-state index is 0.173. The fourth-order valence-electron chi connectivity index (χ4n) is 2.61. The van der Waals surface area contributed by atoms with E-state index < -0.39 is 6.04 Å². The quantitative estimate of drug-likeness (QED) is 0.703. The maximum atomic E-state index is 12.5. The Morgan fingerprint density at radius 2 is 1.81 bits per heavy atom. The van der Waals surface area contributed by atoms with Crippen LogP contribution in [-0.4, -0.2) is 31.2 Å². The first-order valence-corrected chi connectivity index (χ1v) is 8.17. The van der Waals surface area contributed by atoms with Crippen molar-refractivity contribution >= 4 is 28.4 Å². The lowest BCUT2D eigenvalue weighted by molar-refractivity contribution is -0.116. The molecule has 0 saturated heterocycles. The number of fused-ring (bicyclic) bond motifs is 1. The van der Waals surface area contributed by atoms with Gasteiger partial charge in [-0.2, -0.15) is 0 Å². The van der Waals surface area contributed by atoms with E-state index in [2.05, 4.69) is 15.6 Å². The van der Waals surface area contributed by atoms with Gasteiger partial charge >= 0.3 is 0 Å². The van der Waals surface area contributed by atoms with E-state index in [0.29, 0.717) is 23.1 Å². The van der Waals surface area contributed by atoms with Gasteiger partial charge in [-0.25, -0.2) is 4.98 Å². The summed E-state index contributed by atoms with van der Waals surface area (Å²) in [6.07, 6.45) is 0. The summed E-state index contributed by atoms with van der Waals surface area (Å²) in [5.74, 6) is 1.59. The van der Waals surface area contributed by atoms with Crippen molar-refractivity contribution < 1.29 is 18.7 Å². The van der Waals surface area contributed by atoms with Crippen LogP contribution < -0.4 is 20.1 Å². The number of nitrogens with one attached hydrogen (secondary N) is 2. The number of oxazole rings is 1. The van der Waals surface area contributed by atoms with Gasteiger partial charge < -0.3 is 24.5 Å². The number of ether oxygens (including phenoxy) is 2. The molecule has 1 aromatic heterocycles. The summed E-state index contributed by atoms with van der Waals surface area (Å²) in [5, 5.41) is 6.02. The van der Waals surface area contributed by atoms with Crippen LogP contribution >= 0.6 is 0 Å². The molecule has 1 amide bonds. The third-order valence-corrected chi connectivity index (χ3v) is 3.92. The number of amides is 1. The standard InChI is InChI=1S/C19H21N3O4/c1-11(20-13-5-7-16-15(9-13)21-12(2)26-16)19(23)22-14-6-8-17(24-3)18(10-14)25-4/h5-11,20H,1-4H3,(H,22,23). The van der Waals surface area contributed by atoms with Gasteiger partial charge in [-0.1, -0.05) is 0 Å². The van der Waals surface area contributed by atoms with E-state index >= 15 is 0 Å². The summed E-state index contributed by atoms with van der Waals surface area (Å²) in [5.41, 5.74) is 2.89. The molecule has 0 radical (unpaired) electrons. The summed E-state index contributed by atoms with van der Waals surface area (Å²) in [6.45, 7) is 3.58. The predicted octanol–water partition coefficient (Wildman–Crippen LogP) is 3.59. The molecule has 26 heavy (non-hydrogen) atoms. The van der Waals surface area contributed by atoms with E-state index in [1.165, 1.54) is 0 Å². The molecular weight excluding hydrogens is 334 g/mol. The van der Waals surface area contributed by atoms with Gasteiger partial charge in [0.1, 0.15) is 11.6 Å². The van der Waals surface area contributed by atoms with E-state index in [9.17, 15) is 4.79 Å². The Morgan fingerprint density at radius 1 is 1.08 bits per heavy atom. The van der Waals surface area contributed by atoms with E-state index in [0.717, 1.165) is 16.8 Å². The van der Waals surface area contributed by atoms with Crippen LogP contribution in [0, 0.1) is 6.92 Å². The topological polar surface area (TPSA) is 85.6 Å². The van der Waals surface area contributed by atoms with Crippen molar-refractivity contribution in [1.82, 2.24) is 4.98 Å². The van der Waals surface area contributed by atoms with Crippen LogP contribution in [-0.2, 0) is 4.79 Å². The van der Waals surface area contributed by atoms with Crippen LogP contribution in [0.15, 0.2) is 40.8 Å². The van der Waals surface area contributed by atoms with Crippen molar-refractivity contribution in [2.75, 3.05) is 24.9 Å². The highest BCUT2D eigenvalue weighted by atomic mass is 16.5. The predicted molar refractivity (Wildman–Crippen MR) is 100 cm³/mol. The molecule has 1 unspecified atom stereocenters. The van der Waals surface area contributed by atoms with Gasteiger partial charge in [-0.05, 0) is 37.3 Å². The zero-order chi connectivity index (χ0) is 18.7. The van der Waals surface area contributed by atoms with E-state index in [-0.39, 0.29) is 5.91 Å². The van der Waals surface area contributed by atoms with Crippen LogP contribution in [0.2, 0.25) is 0 Å². The van der Waals surface area contributed by atoms with Crippen LogP contribution in [0.4, 0.5) is 11.4 Å². The Labute approximate surface area is 151 Å². The molecule has 3 rings (SSSR count). The second-order valence-corrected chi connectivity index (χ2v) is 5.84. The van der Waals surface area contributed by atoms with Crippen LogP contribution in [0.5, 0.6) is 11.5 Å². The van der Waals surface area contributed by atoms with Gasteiger partial charge in [0.15, 0.2) is 23.0 Å². The molecule has 2 aromatic carbocycles. The highest BCUT2D eigenvalue weighted by molar-refractivity contribution is 5.96. The van der Waals surface area contributed by atoms with Gasteiger partial charge in [0.25, 0.3) is 0 Å². The minimum Gasteiger partial charge on any atom is -0.493 e. The summed E-state index contributed by atoms with van der Waals surface area (Å²) >= 11 is 0. The third kappa shape index (κ3) is 3.72. The molecule has 2 N–H and O–H groups in total. The summed E-state index contributed by atoms with van der Waals surface area (Å²) in [6, 6.07) is 10.3. The van der Waals surface area contributed by atoms with Gasteiger partial charge in [0, 0.05) is 24.4 Å². The van der Waals surface area contributed by atoms with Crippen molar-refractivity contribution in [3.63, 3.8) is 0 Å². The second-order valence-electron chi connectivity index (χ2n) is 5.84. The molecule has 0 saturated carbocycles. The first-order valence-electron chi connectivity index (χ1n) is 8.17. The molecule has 0 bridgehead atoms. The third-order valence-electron chi connectivity index (χ3n) is 3.92. The molecule has 0 aliphatic rings. The number of aryl methyl sites for hydroxylation is 1. The summed E-state index contributed by atoms with van der Waals surface area (Å²) in [4.78, 5) is 16.8. The molecule has 7 nitrogen and oxygen atoms in total. The van der Waals surface area contributed by atoms with Gasteiger partial charge in [-0.15, -0.1) is 0 Å². The Kier molecular flexibility index (Phi) is 4.97. The largest absolute Gasteiger partial charge is 0.493 e. The lowest BCUT2D eigenvalue weighted by Gasteiger charge is -2.16. The fourth-order valence-corrected chi connectivity index (χ4v) is 2.61.